The molecule has 5 nitrogen and oxygen atoms in total. The van der Waals surface area contributed by atoms with E-state index >= 15 is 0 Å². The maximum absolute atomic E-state index is 9.87. The van der Waals surface area contributed by atoms with E-state index in [9.17, 15) is 5.11 Å². The van der Waals surface area contributed by atoms with Crippen molar-refractivity contribution in [2.75, 3.05) is 33.3 Å². The number of benzene rings is 2. The summed E-state index contributed by atoms with van der Waals surface area (Å²) >= 11 is 9.27. The zero-order valence-corrected chi connectivity index (χ0v) is 16.9. The molecule has 0 bridgehead atoms. The summed E-state index contributed by atoms with van der Waals surface area (Å²) < 4.78 is 5.76. The van der Waals surface area contributed by atoms with Crippen LogP contribution in [-0.4, -0.2) is 49.6 Å². The van der Waals surface area contributed by atoms with Gasteiger partial charge >= 0.3 is 0 Å². The zero-order chi connectivity index (χ0) is 18.5. The normalized spacial score (nSPS) is 15.6. The topological polar surface area (TPSA) is 49.5 Å². The van der Waals surface area contributed by atoms with Crippen molar-refractivity contribution in [3.8, 4) is 11.5 Å². The third-order valence-corrected chi connectivity index (χ3v) is 5.31. The number of phenols is 1. The number of nitrogens with one attached hydrogen (secondary N) is 1. The lowest BCUT2D eigenvalue weighted by Crippen LogP contribution is -3.13. The van der Waals surface area contributed by atoms with Crippen molar-refractivity contribution in [3.05, 3.63) is 57.0 Å². The van der Waals surface area contributed by atoms with Crippen LogP contribution < -0.4 is 9.64 Å². The predicted molar refractivity (Wildman–Crippen MR) is 107 cm³/mol. The van der Waals surface area contributed by atoms with Gasteiger partial charge in [0.1, 0.15) is 6.54 Å². The van der Waals surface area contributed by atoms with E-state index in [0.29, 0.717) is 10.2 Å². The second-order valence-corrected chi connectivity index (χ2v) is 7.60. The van der Waals surface area contributed by atoms with E-state index in [2.05, 4.69) is 38.2 Å². The average Bonchev–Trinajstić information content (AvgIpc) is 2.65. The smallest absolute Gasteiger partial charge is 0.172 e. The number of halogens is 2. The lowest BCUT2D eigenvalue weighted by Gasteiger charge is -2.30. The van der Waals surface area contributed by atoms with E-state index in [1.807, 2.05) is 18.2 Å². The highest BCUT2D eigenvalue weighted by atomic mass is 79.9. The van der Waals surface area contributed by atoms with Crippen molar-refractivity contribution in [2.24, 2.45) is 5.10 Å². The number of phenolic OH excluding ortho intramolecular Hbond substituents is 1. The molecule has 0 spiro atoms. The molecule has 26 heavy (non-hydrogen) atoms. The summed E-state index contributed by atoms with van der Waals surface area (Å²) in [4.78, 5) is 1.55. The minimum absolute atomic E-state index is 0.101. The first-order valence-corrected chi connectivity index (χ1v) is 9.65. The van der Waals surface area contributed by atoms with Crippen molar-refractivity contribution in [1.82, 2.24) is 5.01 Å². The Kier molecular flexibility index (Phi) is 6.40. The van der Waals surface area contributed by atoms with E-state index in [-0.39, 0.29) is 5.75 Å². The highest BCUT2D eigenvalue weighted by Gasteiger charge is 2.18. The maximum Gasteiger partial charge on any atom is 0.172 e. The number of rotatable bonds is 5. The number of hydrogen-bond acceptors (Lipinski definition) is 4. The SMILES string of the molecule is COc1cc(C=NN2CC[NH+](Cc3ccc(Cl)cc3)CC2)cc(Br)c1O. The number of piperazine rings is 1. The molecule has 138 valence electrons. The molecule has 0 amide bonds. The molecule has 1 fully saturated rings. The Hall–Kier alpha value is -1.76. The van der Waals surface area contributed by atoms with Gasteiger partial charge in [0.2, 0.25) is 0 Å². The van der Waals surface area contributed by atoms with E-state index in [0.717, 1.165) is 43.3 Å². The van der Waals surface area contributed by atoms with Crippen LogP contribution >= 0.6 is 27.5 Å². The van der Waals surface area contributed by atoms with E-state index in [1.165, 1.54) is 12.7 Å². The van der Waals surface area contributed by atoms with Crippen LogP contribution in [0.3, 0.4) is 0 Å². The second-order valence-electron chi connectivity index (χ2n) is 6.31. The minimum atomic E-state index is 0.101. The summed E-state index contributed by atoms with van der Waals surface area (Å²) in [5, 5.41) is 17.3. The van der Waals surface area contributed by atoms with Crippen molar-refractivity contribution in [3.63, 3.8) is 0 Å². The molecule has 1 aliphatic heterocycles. The molecule has 2 aromatic carbocycles. The number of nitrogens with zero attached hydrogens (tertiary/aromatic N) is 2. The van der Waals surface area contributed by atoms with Gasteiger partial charge in [-0.1, -0.05) is 23.7 Å². The Labute approximate surface area is 167 Å². The van der Waals surface area contributed by atoms with Crippen LogP contribution in [0.1, 0.15) is 11.1 Å². The molecular formula is C19H22BrClN3O2+. The van der Waals surface area contributed by atoms with Gasteiger partial charge < -0.3 is 14.7 Å². The fourth-order valence-corrected chi connectivity index (χ4v) is 3.55. The Bertz CT molecular complexity index is 775. The van der Waals surface area contributed by atoms with Crippen molar-refractivity contribution >= 4 is 33.7 Å². The molecule has 0 unspecified atom stereocenters. The highest BCUT2D eigenvalue weighted by molar-refractivity contribution is 9.10. The second kappa shape index (κ2) is 8.75. The van der Waals surface area contributed by atoms with Crippen LogP contribution in [0, 0.1) is 0 Å². The average molecular weight is 440 g/mol. The lowest BCUT2D eigenvalue weighted by atomic mass is 10.2. The summed E-state index contributed by atoms with van der Waals surface area (Å²) in [6.45, 7) is 4.92. The number of methoxy groups -OCH3 is 1. The molecule has 0 aromatic heterocycles. The summed E-state index contributed by atoms with van der Waals surface area (Å²) in [6.07, 6.45) is 1.80. The molecule has 0 atom stereocenters. The fraction of sp³-hybridized carbons (Fsp3) is 0.316. The van der Waals surface area contributed by atoms with Crippen molar-refractivity contribution < 1.29 is 14.7 Å². The van der Waals surface area contributed by atoms with Gasteiger partial charge in [-0.05, 0) is 45.8 Å². The summed E-state index contributed by atoms with van der Waals surface area (Å²) in [7, 11) is 1.53. The minimum Gasteiger partial charge on any atom is -0.503 e. The largest absolute Gasteiger partial charge is 0.503 e. The van der Waals surface area contributed by atoms with Crippen LogP contribution in [-0.2, 0) is 6.54 Å². The highest BCUT2D eigenvalue weighted by Crippen LogP contribution is 2.34. The molecule has 0 saturated carbocycles. The van der Waals surface area contributed by atoms with Crippen LogP contribution in [0.4, 0.5) is 0 Å². The molecule has 7 heteroatoms. The molecule has 1 saturated heterocycles. The van der Waals surface area contributed by atoms with Gasteiger partial charge in [0.15, 0.2) is 11.5 Å². The van der Waals surface area contributed by atoms with Gasteiger partial charge in [0.05, 0.1) is 44.0 Å². The van der Waals surface area contributed by atoms with E-state index in [4.69, 9.17) is 16.3 Å². The van der Waals surface area contributed by atoms with Crippen LogP contribution in [0.25, 0.3) is 0 Å². The summed E-state index contributed by atoms with van der Waals surface area (Å²) in [5.41, 5.74) is 2.19. The third-order valence-electron chi connectivity index (χ3n) is 4.46. The number of hydrogen-bond donors (Lipinski definition) is 2. The Morgan fingerprint density at radius 2 is 1.96 bits per heavy atom. The zero-order valence-electron chi connectivity index (χ0n) is 14.6. The molecule has 1 aliphatic rings. The summed E-state index contributed by atoms with van der Waals surface area (Å²) in [5.74, 6) is 0.530. The van der Waals surface area contributed by atoms with Crippen LogP contribution in [0.5, 0.6) is 11.5 Å². The Balaban J connectivity index is 1.54. The van der Waals surface area contributed by atoms with Gasteiger partial charge in [0.25, 0.3) is 0 Å². The molecule has 0 radical (unpaired) electrons. The quantitative estimate of drug-likeness (QED) is 0.704. The van der Waals surface area contributed by atoms with Gasteiger partial charge in [-0.15, -0.1) is 0 Å². The van der Waals surface area contributed by atoms with E-state index < -0.39 is 0 Å². The van der Waals surface area contributed by atoms with E-state index in [1.54, 1.807) is 17.2 Å². The van der Waals surface area contributed by atoms with Crippen LogP contribution in [0.15, 0.2) is 46.0 Å². The van der Waals surface area contributed by atoms with Crippen molar-refractivity contribution in [1.29, 1.82) is 0 Å². The number of hydrazone groups is 1. The summed E-state index contributed by atoms with van der Waals surface area (Å²) in [6, 6.07) is 11.7. The number of ether oxygens (including phenoxy) is 1. The Morgan fingerprint density at radius 3 is 2.62 bits per heavy atom. The molecule has 2 N–H and O–H groups in total. The first kappa shape index (κ1) is 19.0. The third kappa shape index (κ3) is 4.90. The fourth-order valence-electron chi connectivity index (χ4n) is 2.97. The monoisotopic (exact) mass is 438 g/mol. The number of aromatic hydroxyl groups is 1. The lowest BCUT2D eigenvalue weighted by molar-refractivity contribution is -0.918. The molecule has 3 rings (SSSR count). The molecule has 0 aliphatic carbocycles. The number of quaternary nitrogens is 1. The van der Waals surface area contributed by atoms with Gasteiger partial charge in [-0.2, -0.15) is 5.10 Å². The maximum atomic E-state index is 9.87. The molecule has 1 heterocycles. The molecular weight excluding hydrogens is 418 g/mol. The first-order chi connectivity index (χ1) is 12.5. The van der Waals surface area contributed by atoms with Crippen LogP contribution in [0.2, 0.25) is 5.02 Å². The van der Waals surface area contributed by atoms with Gasteiger partial charge in [0, 0.05) is 10.6 Å². The standard InChI is InChI=1S/C19H21BrClN3O2/c1-26-18-11-15(10-17(20)19(18)25)12-22-24-8-6-23(7-9-24)13-14-2-4-16(21)5-3-14/h2-5,10-12,25H,6-9,13H2,1H3/p+1. The Morgan fingerprint density at radius 1 is 1.27 bits per heavy atom. The van der Waals surface area contributed by atoms with Gasteiger partial charge in [-0.3, -0.25) is 5.01 Å². The molecule has 2 aromatic rings. The van der Waals surface area contributed by atoms with Crippen molar-refractivity contribution in [2.45, 2.75) is 6.54 Å². The predicted octanol–water partition coefficient (Wildman–Crippen LogP) is 2.55. The first-order valence-electron chi connectivity index (χ1n) is 8.48. The van der Waals surface area contributed by atoms with Gasteiger partial charge in [-0.25, -0.2) is 0 Å².